The largest absolute Gasteiger partial charge is 0.322 e. The number of halogens is 2. The number of nitriles is 1. The summed E-state index contributed by atoms with van der Waals surface area (Å²) in [7, 11) is 0. The predicted molar refractivity (Wildman–Crippen MR) is 68.3 cm³/mol. The Morgan fingerprint density at radius 3 is 2.95 bits per heavy atom. The molecular formula is C13H7ClFN3O. The maximum Gasteiger partial charge on any atom is 0.258 e. The van der Waals surface area contributed by atoms with Gasteiger partial charge >= 0.3 is 0 Å². The maximum absolute atomic E-state index is 13.0. The van der Waals surface area contributed by atoms with Crippen LogP contribution in [0.15, 0.2) is 36.5 Å². The molecule has 4 nitrogen and oxygen atoms in total. The monoisotopic (exact) mass is 275 g/mol. The first kappa shape index (κ1) is 13.0. The lowest BCUT2D eigenvalue weighted by molar-refractivity contribution is 0.102. The highest BCUT2D eigenvalue weighted by molar-refractivity contribution is 6.33. The number of nitrogens with zero attached hydrogens (tertiary/aromatic N) is 2. The molecule has 0 radical (unpaired) electrons. The van der Waals surface area contributed by atoms with Crippen molar-refractivity contribution in [1.29, 1.82) is 5.26 Å². The van der Waals surface area contributed by atoms with Gasteiger partial charge in [-0.3, -0.25) is 4.79 Å². The molecule has 1 aromatic carbocycles. The first-order valence-corrected chi connectivity index (χ1v) is 5.60. The van der Waals surface area contributed by atoms with Gasteiger partial charge in [-0.25, -0.2) is 9.37 Å². The summed E-state index contributed by atoms with van der Waals surface area (Å²) in [5.41, 5.74) is 0.759. The number of carbonyl (C=O) groups is 1. The van der Waals surface area contributed by atoms with Crippen LogP contribution in [0.1, 0.15) is 15.9 Å². The van der Waals surface area contributed by atoms with Gasteiger partial charge in [0.05, 0.1) is 23.4 Å². The lowest BCUT2D eigenvalue weighted by Crippen LogP contribution is -2.13. The van der Waals surface area contributed by atoms with Crippen molar-refractivity contribution in [1.82, 2.24) is 4.98 Å². The molecule has 1 amide bonds. The van der Waals surface area contributed by atoms with Crippen LogP contribution in [-0.2, 0) is 0 Å². The van der Waals surface area contributed by atoms with Crippen LogP contribution in [0, 0.1) is 17.1 Å². The molecule has 0 fully saturated rings. The van der Waals surface area contributed by atoms with E-state index in [1.165, 1.54) is 6.07 Å². The molecule has 1 N–H and O–H groups in total. The molecule has 2 aromatic rings. The second-order valence-corrected chi connectivity index (χ2v) is 4.00. The van der Waals surface area contributed by atoms with Gasteiger partial charge < -0.3 is 5.32 Å². The van der Waals surface area contributed by atoms with Crippen LogP contribution in [0.25, 0.3) is 0 Å². The lowest BCUT2D eigenvalue weighted by Gasteiger charge is -2.06. The first-order valence-electron chi connectivity index (χ1n) is 5.22. The van der Waals surface area contributed by atoms with Crippen molar-refractivity contribution in [2.45, 2.75) is 0 Å². The van der Waals surface area contributed by atoms with E-state index >= 15 is 0 Å². The second-order valence-electron chi connectivity index (χ2n) is 3.64. The summed E-state index contributed by atoms with van der Waals surface area (Å²) in [6.45, 7) is 0. The van der Waals surface area contributed by atoms with Crippen molar-refractivity contribution < 1.29 is 9.18 Å². The number of hydrogen-bond acceptors (Lipinski definition) is 3. The molecule has 0 spiro atoms. The van der Waals surface area contributed by atoms with E-state index in [1.807, 2.05) is 6.07 Å². The molecule has 1 aromatic heterocycles. The highest BCUT2D eigenvalue weighted by Gasteiger charge is 2.13. The van der Waals surface area contributed by atoms with Crippen LogP contribution in [-0.4, -0.2) is 10.9 Å². The first-order chi connectivity index (χ1) is 9.10. The molecule has 19 heavy (non-hydrogen) atoms. The zero-order valence-electron chi connectivity index (χ0n) is 9.52. The Hall–Kier alpha value is -2.45. The van der Waals surface area contributed by atoms with Gasteiger partial charge in [0.2, 0.25) is 0 Å². The predicted octanol–water partition coefficient (Wildman–Crippen LogP) is 3.00. The molecule has 2 rings (SSSR count). The maximum atomic E-state index is 13.0. The number of aromatic nitrogens is 1. The Morgan fingerprint density at radius 1 is 1.42 bits per heavy atom. The normalized spacial score (nSPS) is 9.74. The number of hydrogen-bond donors (Lipinski definition) is 1. The summed E-state index contributed by atoms with van der Waals surface area (Å²) in [4.78, 5) is 15.5. The van der Waals surface area contributed by atoms with Crippen LogP contribution in [0.5, 0.6) is 0 Å². The van der Waals surface area contributed by atoms with E-state index in [9.17, 15) is 9.18 Å². The number of benzene rings is 1. The summed E-state index contributed by atoms with van der Waals surface area (Å²) in [5.74, 6) is -1.24. The molecule has 0 saturated heterocycles. The van der Waals surface area contributed by atoms with Crippen molar-refractivity contribution in [3.63, 3.8) is 0 Å². The summed E-state index contributed by atoms with van der Waals surface area (Å²) >= 11 is 5.72. The van der Waals surface area contributed by atoms with Gasteiger partial charge in [-0.15, -0.1) is 0 Å². The van der Waals surface area contributed by atoms with Crippen molar-refractivity contribution in [2.75, 3.05) is 5.32 Å². The third-order valence-corrected chi connectivity index (χ3v) is 2.60. The van der Waals surface area contributed by atoms with E-state index in [0.29, 0.717) is 11.3 Å². The van der Waals surface area contributed by atoms with Gasteiger partial charge in [-0.1, -0.05) is 17.7 Å². The molecule has 6 heteroatoms. The molecule has 94 valence electrons. The molecule has 0 unspecified atom stereocenters. The van der Waals surface area contributed by atoms with Crippen molar-refractivity contribution in [3.8, 4) is 6.07 Å². The molecule has 0 saturated carbocycles. The van der Waals surface area contributed by atoms with Gasteiger partial charge in [0.1, 0.15) is 11.0 Å². The van der Waals surface area contributed by atoms with E-state index in [4.69, 9.17) is 16.9 Å². The van der Waals surface area contributed by atoms with Gasteiger partial charge in [-0.05, 0) is 24.3 Å². The van der Waals surface area contributed by atoms with Crippen molar-refractivity contribution in [3.05, 3.63) is 58.6 Å². The average Bonchev–Trinajstić information content (AvgIpc) is 2.41. The fourth-order valence-electron chi connectivity index (χ4n) is 1.45. The van der Waals surface area contributed by atoms with E-state index in [2.05, 4.69) is 10.3 Å². The minimum atomic E-state index is -0.652. The lowest BCUT2D eigenvalue weighted by atomic mass is 10.2. The highest BCUT2D eigenvalue weighted by atomic mass is 35.5. The Balaban J connectivity index is 2.26. The van der Waals surface area contributed by atoms with E-state index in [-0.39, 0.29) is 10.7 Å². The molecule has 0 bridgehead atoms. The Labute approximate surface area is 113 Å². The zero-order valence-corrected chi connectivity index (χ0v) is 10.3. The Morgan fingerprint density at radius 2 is 2.21 bits per heavy atom. The Bertz CT molecular complexity index is 682. The number of carbonyl (C=O) groups excluding carboxylic acids is 1. The van der Waals surface area contributed by atoms with Gasteiger partial charge in [0.25, 0.3) is 5.91 Å². The van der Waals surface area contributed by atoms with Crippen LogP contribution in [0.4, 0.5) is 10.1 Å². The number of pyridine rings is 1. The molecule has 0 aliphatic rings. The van der Waals surface area contributed by atoms with E-state index < -0.39 is 11.7 Å². The molecular weight excluding hydrogens is 269 g/mol. The number of nitrogens with one attached hydrogen (secondary N) is 1. The summed E-state index contributed by atoms with van der Waals surface area (Å²) < 4.78 is 13.0. The summed E-state index contributed by atoms with van der Waals surface area (Å²) in [5, 5.41) is 11.2. The van der Waals surface area contributed by atoms with E-state index in [0.717, 1.165) is 12.3 Å². The van der Waals surface area contributed by atoms with Crippen LogP contribution >= 0.6 is 11.6 Å². The van der Waals surface area contributed by atoms with Crippen molar-refractivity contribution >= 4 is 23.2 Å². The standard InChI is InChI=1S/C13H7ClFN3O/c14-12-11(5-9(15)7-17-12)13(19)18-10-3-1-2-8(4-10)6-16/h1-5,7H,(H,18,19). The fraction of sp³-hybridized carbons (Fsp3) is 0. The quantitative estimate of drug-likeness (QED) is 0.857. The third kappa shape index (κ3) is 3.06. The minimum absolute atomic E-state index is 0.0657. The third-order valence-electron chi connectivity index (χ3n) is 2.30. The molecule has 1 heterocycles. The van der Waals surface area contributed by atoms with Gasteiger partial charge in [0.15, 0.2) is 0 Å². The number of rotatable bonds is 2. The molecule has 0 atom stereocenters. The summed E-state index contributed by atoms with van der Waals surface area (Å²) in [6, 6.07) is 9.29. The molecule has 0 aliphatic heterocycles. The van der Waals surface area contributed by atoms with E-state index in [1.54, 1.807) is 18.2 Å². The van der Waals surface area contributed by atoms with Crippen LogP contribution in [0.2, 0.25) is 5.15 Å². The van der Waals surface area contributed by atoms with Crippen LogP contribution < -0.4 is 5.32 Å². The highest BCUT2D eigenvalue weighted by Crippen LogP contribution is 2.17. The van der Waals surface area contributed by atoms with Crippen molar-refractivity contribution in [2.24, 2.45) is 0 Å². The van der Waals surface area contributed by atoms with Gasteiger partial charge in [-0.2, -0.15) is 5.26 Å². The zero-order chi connectivity index (χ0) is 13.8. The minimum Gasteiger partial charge on any atom is -0.322 e. The smallest absolute Gasteiger partial charge is 0.258 e. The van der Waals surface area contributed by atoms with Gasteiger partial charge in [0, 0.05) is 5.69 Å². The fourth-order valence-corrected chi connectivity index (χ4v) is 1.64. The second kappa shape index (κ2) is 5.46. The number of anilines is 1. The Kier molecular flexibility index (Phi) is 3.74. The average molecular weight is 276 g/mol. The molecule has 0 aliphatic carbocycles. The summed E-state index contributed by atoms with van der Waals surface area (Å²) in [6.07, 6.45) is 0.926. The number of amides is 1. The topological polar surface area (TPSA) is 65.8 Å². The SMILES string of the molecule is N#Cc1cccc(NC(=O)c2cc(F)cnc2Cl)c1. The van der Waals surface area contributed by atoms with Crippen LogP contribution in [0.3, 0.4) is 0 Å².